The van der Waals surface area contributed by atoms with Crippen LogP contribution in [0, 0.1) is 0 Å². The maximum absolute atomic E-state index is 12.2. The first-order chi connectivity index (χ1) is 11.5. The van der Waals surface area contributed by atoms with Crippen molar-refractivity contribution in [3.8, 4) is 5.75 Å². The van der Waals surface area contributed by atoms with Crippen LogP contribution in [0.3, 0.4) is 0 Å². The molecule has 0 saturated heterocycles. The number of methoxy groups -OCH3 is 1. The van der Waals surface area contributed by atoms with Crippen molar-refractivity contribution in [1.82, 2.24) is 14.8 Å². The molecule has 0 atom stereocenters. The van der Waals surface area contributed by atoms with E-state index >= 15 is 0 Å². The van der Waals surface area contributed by atoms with Crippen LogP contribution in [0.1, 0.15) is 0 Å². The fourth-order valence-electron chi connectivity index (χ4n) is 2.02. The van der Waals surface area contributed by atoms with Gasteiger partial charge in [0.25, 0.3) is 10.0 Å². The minimum Gasteiger partial charge on any atom is -0.495 e. The Hall–Kier alpha value is -2.23. The maximum atomic E-state index is 12.2. The van der Waals surface area contributed by atoms with Crippen LogP contribution in [-0.4, -0.2) is 25.5 Å². The van der Waals surface area contributed by atoms with E-state index in [0.717, 1.165) is 9.86 Å². The molecule has 0 aliphatic carbocycles. The molecule has 24 heavy (non-hydrogen) atoms. The van der Waals surface area contributed by atoms with Crippen LogP contribution in [0.4, 0.5) is 5.95 Å². The molecule has 3 aromatic rings. The predicted octanol–water partition coefficient (Wildman–Crippen LogP) is 2.71. The molecule has 7 nitrogen and oxygen atoms in total. The van der Waals surface area contributed by atoms with Crippen molar-refractivity contribution in [3.05, 3.63) is 53.1 Å². The van der Waals surface area contributed by atoms with Gasteiger partial charge in [0, 0.05) is 17.6 Å². The standard InChI is InChI=1S/C15H13BrN4O3S/c1-23-14-8-13-10(7-12(14)16)9-17-15(18-13)19-20-24(21,22)11-5-3-2-4-6-11/h2-9,20H,1H3,(H,17,18,19). The van der Waals surface area contributed by atoms with Gasteiger partial charge in [-0.1, -0.05) is 18.2 Å². The molecule has 0 amide bonds. The SMILES string of the molecule is COc1cc2nc(NNS(=O)(=O)c3ccccc3)ncc2cc1Br. The Bertz CT molecular complexity index is 981. The molecule has 0 bridgehead atoms. The average Bonchev–Trinajstić information content (AvgIpc) is 2.60. The van der Waals surface area contributed by atoms with E-state index in [9.17, 15) is 8.42 Å². The third kappa shape index (κ3) is 3.48. The molecular weight excluding hydrogens is 396 g/mol. The van der Waals surface area contributed by atoms with Crippen molar-refractivity contribution in [2.24, 2.45) is 0 Å². The first-order valence-corrected chi connectivity index (χ1v) is 9.10. The number of halogens is 1. The third-order valence-corrected chi connectivity index (χ3v) is 5.09. The largest absolute Gasteiger partial charge is 0.495 e. The molecule has 2 N–H and O–H groups in total. The molecule has 0 unspecified atom stereocenters. The van der Waals surface area contributed by atoms with Gasteiger partial charge < -0.3 is 4.74 Å². The lowest BCUT2D eigenvalue weighted by Gasteiger charge is -2.09. The zero-order valence-electron chi connectivity index (χ0n) is 12.5. The average molecular weight is 409 g/mol. The fourth-order valence-corrected chi connectivity index (χ4v) is 3.40. The number of benzene rings is 2. The Labute approximate surface area is 147 Å². The molecule has 9 heteroatoms. The van der Waals surface area contributed by atoms with E-state index in [1.165, 1.54) is 12.1 Å². The van der Waals surface area contributed by atoms with Gasteiger partial charge in [-0.15, -0.1) is 4.83 Å². The number of nitrogens with zero attached hydrogens (tertiary/aromatic N) is 2. The number of rotatable bonds is 5. The highest BCUT2D eigenvalue weighted by Crippen LogP contribution is 2.29. The molecule has 0 aliphatic rings. The molecule has 1 heterocycles. The van der Waals surface area contributed by atoms with Crippen molar-refractivity contribution in [2.75, 3.05) is 12.5 Å². The zero-order valence-corrected chi connectivity index (χ0v) is 14.9. The predicted molar refractivity (Wildman–Crippen MR) is 94.2 cm³/mol. The molecule has 3 rings (SSSR count). The van der Waals surface area contributed by atoms with Gasteiger partial charge in [0.2, 0.25) is 5.95 Å². The summed E-state index contributed by atoms with van der Waals surface area (Å²) in [6, 6.07) is 11.6. The summed E-state index contributed by atoms with van der Waals surface area (Å²) >= 11 is 3.39. The third-order valence-electron chi connectivity index (χ3n) is 3.20. The van der Waals surface area contributed by atoms with E-state index in [0.29, 0.717) is 11.3 Å². The van der Waals surface area contributed by atoms with Crippen LogP contribution in [0.2, 0.25) is 0 Å². The van der Waals surface area contributed by atoms with Crippen LogP contribution in [-0.2, 0) is 10.0 Å². The Morgan fingerprint density at radius 1 is 1.17 bits per heavy atom. The van der Waals surface area contributed by atoms with Crippen LogP contribution in [0.25, 0.3) is 10.9 Å². The number of sulfonamides is 1. The second-order valence-corrected chi connectivity index (χ2v) is 7.32. The lowest BCUT2D eigenvalue weighted by atomic mass is 10.2. The Balaban J connectivity index is 1.84. The monoisotopic (exact) mass is 408 g/mol. The number of hydrazine groups is 1. The molecule has 0 fully saturated rings. The van der Waals surface area contributed by atoms with E-state index in [1.54, 1.807) is 37.6 Å². The van der Waals surface area contributed by atoms with Gasteiger partial charge in [-0.05, 0) is 34.1 Å². The topological polar surface area (TPSA) is 93.2 Å². The zero-order chi connectivity index (χ0) is 17.2. The number of nitrogens with one attached hydrogen (secondary N) is 2. The molecule has 0 saturated carbocycles. The minimum absolute atomic E-state index is 0.131. The van der Waals surface area contributed by atoms with Gasteiger partial charge in [0.1, 0.15) is 5.75 Å². The fraction of sp³-hybridized carbons (Fsp3) is 0.0667. The number of anilines is 1. The number of hydrogen-bond acceptors (Lipinski definition) is 6. The lowest BCUT2D eigenvalue weighted by Crippen LogP contribution is -2.30. The highest BCUT2D eigenvalue weighted by molar-refractivity contribution is 9.10. The normalized spacial score (nSPS) is 11.4. The second-order valence-electron chi connectivity index (χ2n) is 4.78. The number of fused-ring (bicyclic) bond motifs is 1. The van der Waals surface area contributed by atoms with Crippen LogP contribution in [0.5, 0.6) is 5.75 Å². The van der Waals surface area contributed by atoms with Crippen LogP contribution < -0.4 is 15.0 Å². The Kier molecular flexibility index (Phi) is 4.65. The summed E-state index contributed by atoms with van der Waals surface area (Å²) in [6.07, 6.45) is 1.59. The van der Waals surface area contributed by atoms with Gasteiger partial charge in [0.05, 0.1) is 22.0 Å². The molecule has 1 aromatic heterocycles. The van der Waals surface area contributed by atoms with E-state index < -0.39 is 10.0 Å². The maximum Gasteiger partial charge on any atom is 0.257 e. The smallest absolute Gasteiger partial charge is 0.257 e. The van der Waals surface area contributed by atoms with E-state index in [2.05, 4.69) is 36.2 Å². The van der Waals surface area contributed by atoms with E-state index in [4.69, 9.17) is 4.74 Å². The van der Waals surface area contributed by atoms with Crippen molar-refractivity contribution < 1.29 is 13.2 Å². The van der Waals surface area contributed by atoms with Crippen molar-refractivity contribution in [1.29, 1.82) is 0 Å². The summed E-state index contributed by atoms with van der Waals surface area (Å²) in [6.45, 7) is 0. The van der Waals surface area contributed by atoms with Crippen LogP contribution >= 0.6 is 15.9 Å². The number of aromatic nitrogens is 2. The lowest BCUT2D eigenvalue weighted by molar-refractivity contribution is 0.412. The molecule has 0 radical (unpaired) electrons. The minimum atomic E-state index is -3.70. The van der Waals surface area contributed by atoms with E-state index in [-0.39, 0.29) is 10.8 Å². The summed E-state index contributed by atoms with van der Waals surface area (Å²) in [5.74, 6) is 0.753. The van der Waals surface area contributed by atoms with Crippen molar-refractivity contribution in [2.45, 2.75) is 4.90 Å². The number of hydrogen-bond donors (Lipinski definition) is 2. The summed E-state index contributed by atoms with van der Waals surface area (Å²) in [4.78, 5) is 10.8. The summed E-state index contributed by atoms with van der Waals surface area (Å²) in [7, 11) is -2.15. The van der Waals surface area contributed by atoms with Crippen molar-refractivity contribution in [3.63, 3.8) is 0 Å². The van der Waals surface area contributed by atoms with Crippen LogP contribution in [0.15, 0.2) is 58.0 Å². The summed E-state index contributed by atoms with van der Waals surface area (Å²) in [5, 5.41) is 0.791. The van der Waals surface area contributed by atoms with Gasteiger partial charge in [0.15, 0.2) is 0 Å². The van der Waals surface area contributed by atoms with Gasteiger partial charge in [-0.3, -0.25) is 5.43 Å². The molecular formula is C15H13BrN4O3S. The molecule has 124 valence electrons. The Morgan fingerprint density at radius 2 is 1.92 bits per heavy atom. The van der Waals surface area contributed by atoms with Gasteiger partial charge in [-0.25, -0.2) is 18.4 Å². The summed E-state index contributed by atoms with van der Waals surface area (Å²) < 4.78 is 30.3. The molecule has 0 aliphatic heterocycles. The number of ether oxygens (including phenoxy) is 1. The van der Waals surface area contributed by atoms with Crippen molar-refractivity contribution >= 4 is 42.8 Å². The highest BCUT2D eigenvalue weighted by Gasteiger charge is 2.13. The second kappa shape index (κ2) is 6.71. The van der Waals surface area contributed by atoms with Gasteiger partial charge in [-0.2, -0.15) is 0 Å². The van der Waals surface area contributed by atoms with Gasteiger partial charge >= 0.3 is 0 Å². The first-order valence-electron chi connectivity index (χ1n) is 6.83. The first kappa shape index (κ1) is 16.6. The Morgan fingerprint density at radius 3 is 2.62 bits per heavy atom. The molecule has 2 aromatic carbocycles. The molecule has 0 spiro atoms. The highest BCUT2D eigenvalue weighted by atomic mass is 79.9. The quantitative estimate of drug-likeness (QED) is 0.630. The van der Waals surface area contributed by atoms with E-state index in [1.807, 2.05) is 6.07 Å². The summed E-state index contributed by atoms with van der Waals surface area (Å²) in [5.41, 5.74) is 3.13.